The van der Waals surface area contributed by atoms with Crippen molar-refractivity contribution in [1.29, 1.82) is 0 Å². The molecule has 0 saturated heterocycles. The van der Waals surface area contributed by atoms with Gasteiger partial charge in [0.1, 0.15) is 30.0 Å². The Morgan fingerprint density at radius 2 is 1.52 bits per heavy atom. The zero-order valence-corrected chi connectivity index (χ0v) is 39.1. The molecule has 5 rings (SSSR count). The van der Waals surface area contributed by atoms with E-state index < -0.39 is 88.8 Å². The fraction of sp³-hybridized carbons (Fsp3) is 0.592. The summed E-state index contributed by atoms with van der Waals surface area (Å²) < 4.78 is 23.6. The molecule has 2 aromatic carbocycles. The van der Waals surface area contributed by atoms with Crippen molar-refractivity contribution in [1.82, 2.24) is 0 Å². The molecule has 9 unspecified atom stereocenters. The zero-order chi connectivity index (χ0) is 47.5. The van der Waals surface area contributed by atoms with E-state index in [1.807, 2.05) is 0 Å². The number of phenols is 3. The van der Waals surface area contributed by atoms with Crippen LogP contribution in [-0.4, -0.2) is 93.3 Å². The predicted molar refractivity (Wildman–Crippen MR) is 245 cm³/mol. The highest BCUT2D eigenvalue weighted by Gasteiger charge is 2.50. The number of ketones is 1. The predicted octanol–water partition coefficient (Wildman–Crippen LogP) is 8.64. The number of aromatic hydroxyl groups is 3. The molecule has 0 aliphatic carbocycles. The van der Waals surface area contributed by atoms with E-state index in [0.29, 0.717) is 0 Å². The molecular weight excluding hydrogens is 825 g/mol. The second-order valence-electron chi connectivity index (χ2n) is 17.5. The Kier molecular flexibility index (Phi) is 18.7. The number of methoxy groups -OCH3 is 1. The van der Waals surface area contributed by atoms with Crippen LogP contribution in [0.15, 0.2) is 41.3 Å². The van der Waals surface area contributed by atoms with Crippen LogP contribution in [0.25, 0.3) is 10.8 Å². The van der Waals surface area contributed by atoms with E-state index in [1.54, 1.807) is 39.8 Å². The maximum absolute atomic E-state index is 14.5. The standard InChI is InChI=1S/C49H70N2O13/c1-11-12-13-14-15-16-17-18-19-24-62-50-26-34-39-44(57)37-36(43(34)56)38-46(32(7)42(37)55)64-49(9,47(38)58)61-25-23-35(60-10)29(4)45(63-33(8)52)31(6)41(54)30(5)40(53)27(2)21-20-22-28(3)48(59)51-39/h20-23,25-27,29-31,35,40-41,45,53-57H,11-19,24H2,1-10H3,(H,51,59)/b21-20?,25-23?,28-22?,50-26+. The zero-order valence-electron chi connectivity index (χ0n) is 39.1. The monoisotopic (exact) mass is 894 g/mol. The van der Waals surface area contributed by atoms with Crippen LogP contribution in [0.1, 0.15) is 135 Å². The van der Waals surface area contributed by atoms with Gasteiger partial charge in [-0.05, 0) is 32.8 Å². The minimum absolute atomic E-state index is 0.0438. The Hall–Kier alpha value is -5.12. The number of aliphatic hydroxyl groups is 2. The van der Waals surface area contributed by atoms with Gasteiger partial charge in [-0.2, -0.15) is 0 Å². The molecule has 15 heteroatoms. The maximum Gasteiger partial charge on any atom is 0.312 e. The molecule has 0 fully saturated rings. The van der Waals surface area contributed by atoms with Gasteiger partial charge in [-0.25, -0.2) is 0 Å². The maximum atomic E-state index is 14.5. The average Bonchev–Trinajstić information content (AvgIpc) is 3.52. The number of allylic oxidation sites excluding steroid dienone is 2. The molecule has 354 valence electrons. The van der Waals surface area contributed by atoms with Gasteiger partial charge in [-0.15, -0.1) is 0 Å². The van der Waals surface area contributed by atoms with Crippen molar-refractivity contribution in [2.45, 2.75) is 150 Å². The molecule has 0 spiro atoms. The van der Waals surface area contributed by atoms with Crippen LogP contribution >= 0.6 is 0 Å². The van der Waals surface area contributed by atoms with Crippen molar-refractivity contribution in [3.63, 3.8) is 0 Å². The van der Waals surface area contributed by atoms with Crippen molar-refractivity contribution in [3.8, 4) is 23.0 Å². The number of oxime groups is 1. The fourth-order valence-electron chi connectivity index (χ4n) is 8.49. The molecule has 5 bridgehead atoms. The number of phenolic OH excluding ortho intramolecular Hbond substituents is 3. The molecule has 3 aliphatic heterocycles. The first-order valence-electron chi connectivity index (χ1n) is 22.6. The molecule has 15 nitrogen and oxygen atoms in total. The van der Waals surface area contributed by atoms with Crippen LogP contribution in [0.2, 0.25) is 0 Å². The Bertz CT molecular complexity index is 2090. The fourth-order valence-corrected chi connectivity index (χ4v) is 8.49. The minimum Gasteiger partial charge on any atom is -0.507 e. The smallest absolute Gasteiger partial charge is 0.312 e. The van der Waals surface area contributed by atoms with Gasteiger partial charge in [-0.1, -0.05) is 103 Å². The Labute approximate surface area is 377 Å². The number of ether oxygens (including phenoxy) is 4. The number of hydrogen-bond donors (Lipinski definition) is 6. The topological polar surface area (TPSA) is 223 Å². The van der Waals surface area contributed by atoms with Crippen molar-refractivity contribution in [3.05, 3.63) is 52.8 Å². The quantitative estimate of drug-likeness (QED) is 0.0261. The summed E-state index contributed by atoms with van der Waals surface area (Å²) in [4.78, 5) is 46.1. The summed E-state index contributed by atoms with van der Waals surface area (Å²) in [5.41, 5.74) is -0.530. The summed E-state index contributed by atoms with van der Waals surface area (Å²) in [5, 5.41) is 64.6. The first kappa shape index (κ1) is 51.5. The van der Waals surface area contributed by atoms with Crippen LogP contribution in [-0.2, 0) is 28.6 Å². The SMILES string of the molecule is CCCCCCCCCCCO/N=C/c1c2c(O)c3c(O)c(C)c4c(c3c1O)C(=O)C(C)(OC=CC(OC)C(C)C(OC(C)=O)C(C)C(O)C(C)C(O)C(C)C=CC=C(C)C(=O)N2)O4. The molecule has 6 N–H and O–H groups in total. The minimum atomic E-state index is -2.06. The lowest BCUT2D eigenvalue weighted by Crippen LogP contribution is -2.46. The van der Waals surface area contributed by atoms with E-state index in [9.17, 15) is 39.9 Å². The Morgan fingerprint density at radius 1 is 0.875 bits per heavy atom. The van der Waals surface area contributed by atoms with Gasteiger partial charge in [0.2, 0.25) is 0 Å². The first-order chi connectivity index (χ1) is 30.3. The molecule has 0 saturated carbocycles. The van der Waals surface area contributed by atoms with Crippen molar-refractivity contribution < 1.29 is 63.7 Å². The molecular formula is C49H70N2O13. The van der Waals surface area contributed by atoms with Gasteiger partial charge in [0.15, 0.2) is 5.75 Å². The highest BCUT2D eigenvalue weighted by atomic mass is 16.7. The molecule has 1 amide bonds. The second kappa shape index (κ2) is 23.2. The van der Waals surface area contributed by atoms with E-state index in [2.05, 4.69) is 17.4 Å². The lowest BCUT2D eigenvalue weighted by atomic mass is 9.78. The number of nitrogens with zero attached hydrogens (tertiary/aromatic N) is 1. The van der Waals surface area contributed by atoms with Crippen molar-refractivity contribution >= 4 is 40.3 Å². The van der Waals surface area contributed by atoms with Gasteiger partial charge >= 0.3 is 11.8 Å². The average molecular weight is 895 g/mol. The van der Waals surface area contributed by atoms with Crippen molar-refractivity contribution in [2.75, 3.05) is 19.0 Å². The normalized spacial score (nSPS) is 26.8. The summed E-state index contributed by atoms with van der Waals surface area (Å²) in [7, 11) is 1.44. The summed E-state index contributed by atoms with van der Waals surface area (Å²) >= 11 is 0. The molecule has 0 aromatic heterocycles. The van der Waals surface area contributed by atoms with Crippen LogP contribution in [0.3, 0.4) is 0 Å². The van der Waals surface area contributed by atoms with Crippen LogP contribution in [0, 0.1) is 30.6 Å². The molecule has 3 heterocycles. The Morgan fingerprint density at radius 3 is 2.14 bits per heavy atom. The van der Waals surface area contributed by atoms with E-state index in [4.69, 9.17) is 23.8 Å². The van der Waals surface area contributed by atoms with Gasteiger partial charge in [0.25, 0.3) is 11.7 Å². The number of anilines is 1. The highest BCUT2D eigenvalue weighted by molar-refractivity contribution is 6.23. The summed E-state index contributed by atoms with van der Waals surface area (Å²) in [6.07, 6.45) is 14.6. The number of amides is 1. The first-order valence-corrected chi connectivity index (χ1v) is 22.6. The van der Waals surface area contributed by atoms with Gasteiger partial charge in [-0.3, -0.25) is 14.4 Å². The highest BCUT2D eigenvalue weighted by Crippen LogP contribution is 2.55. The number of carbonyl (C=O) groups is 3. The number of nitrogens with one attached hydrogen (secondary N) is 1. The molecule has 2 aromatic rings. The van der Waals surface area contributed by atoms with E-state index in [0.717, 1.165) is 31.9 Å². The van der Waals surface area contributed by atoms with Gasteiger partial charge in [0, 0.05) is 61.2 Å². The number of aliphatic hydroxyl groups excluding tert-OH is 2. The summed E-state index contributed by atoms with van der Waals surface area (Å²) in [5.74, 6) is -8.54. The lowest BCUT2D eigenvalue weighted by Gasteiger charge is -2.38. The Balaban J connectivity index is 1.82. The van der Waals surface area contributed by atoms with Crippen LogP contribution in [0.4, 0.5) is 5.69 Å². The van der Waals surface area contributed by atoms with Crippen LogP contribution < -0.4 is 10.1 Å². The van der Waals surface area contributed by atoms with Crippen molar-refractivity contribution in [2.24, 2.45) is 28.8 Å². The third kappa shape index (κ3) is 11.8. The van der Waals surface area contributed by atoms with Gasteiger partial charge < -0.3 is 54.6 Å². The lowest BCUT2D eigenvalue weighted by molar-refractivity contribution is -0.160. The summed E-state index contributed by atoms with van der Waals surface area (Å²) in [6.45, 7) is 15.0. The van der Waals surface area contributed by atoms with Crippen LogP contribution in [0.5, 0.6) is 23.0 Å². The molecule has 0 radical (unpaired) electrons. The molecule has 3 aliphatic rings. The third-order valence-corrected chi connectivity index (χ3v) is 12.6. The van der Waals surface area contributed by atoms with E-state index in [1.165, 1.54) is 85.3 Å². The number of Topliss-reactive ketones (excluding diaryl/α,β-unsaturated/α-hetero) is 1. The number of carbonyl (C=O) groups excluding carboxylic acids is 3. The van der Waals surface area contributed by atoms with E-state index >= 15 is 0 Å². The second-order valence-corrected chi connectivity index (χ2v) is 17.5. The molecule has 9 atom stereocenters. The van der Waals surface area contributed by atoms with E-state index in [-0.39, 0.29) is 51.1 Å². The third-order valence-electron chi connectivity index (χ3n) is 12.6. The largest absolute Gasteiger partial charge is 0.507 e. The number of fused-ring (bicyclic) bond motifs is 14. The number of benzene rings is 2. The van der Waals surface area contributed by atoms with Gasteiger partial charge in [0.05, 0.1) is 53.0 Å². The molecule has 64 heavy (non-hydrogen) atoms. The number of rotatable bonds is 14. The number of hydrogen-bond acceptors (Lipinski definition) is 14. The summed E-state index contributed by atoms with van der Waals surface area (Å²) in [6, 6.07) is 0. The number of esters is 1. The number of unbranched alkanes of at least 4 members (excludes halogenated alkanes) is 8.